The summed E-state index contributed by atoms with van der Waals surface area (Å²) >= 11 is 0. The zero-order valence-corrected chi connectivity index (χ0v) is 13.8. The molecule has 22 heavy (non-hydrogen) atoms. The normalized spacial score (nSPS) is 57.3. The molecule has 126 valence electrons. The minimum atomic E-state index is -0.706. The van der Waals surface area contributed by atoms with Crippen molar-refractivity contribution >= 4 is 0 Å². The van der Waals surface area contributed by atoms with Crippen LogP contribution in [0.15, 0.2) is 0 Å². The van der Waals surface area contributed by atoms with Crippen molar-refractivity contribution in [2.75, 3.05) is 6.61 Å². The van der Waals surface area contributed by atoms with Gasteiger partial charge in [0.1, 0.15) is 0 Å². The van der Waals surface area contributed by atoms with Gasteiger partial charge in [-0.2, -0.15) is 0 Å². The molecule has 5 aliphatic rings. The maximum atomic E-state index is 9.36. The molecule has 5 fully saturated rings. The molecule has 2 bridgehead atoms. The number of hydrogen-bond acceptors (Lipinski definition) is 5. The van der Waals surface area contributed by atoms with E-state index in [1.807, 2.05) is 6.92 Å². The smallest absolute Gasteiger partial charge is 0.201 e. The average Bonchev–Trinajstić information content (AvgIpc) is 2.71. The largest absolute Gasteiger partial charge is 0.396 e. The molecule has 0 aromatic rings. The van der Waals surface area contributed by atoms with Crippen LogP contribution < -0.4 is 0 Å². The average molecular weight is 312 g/mol. The van der Waals surface area contributed by atoms with E-state index in [1.54, 1.807) is 0 Å². The van der Waals surface area contributed by atoms with Crippen LogP contribution in [0.1, 0.15) is 52.9 Å². The molecule has 0 radical (unpaired) electrons. The Morgan fingerprint density at radius 3 is 2.68 bits per heavy atom. The lowest BCUT2D eigenvalue weighted by Gasteiger charge is -2.60. The van der Waals surface area contributed by atoms with Gasteiger partial charge in [-0.1, -0.05) is 13.8 Å². The Bertz CT molecular complexity index is 443. The van der Waals surface area contributed by atoms with Gasteiger partial charge in [-0.05, 0) is 50.4 Å². The quantitative estimate of drug-likeness (QED) is 0.794. The van der Waals surface area contributed by atoms with Crippen molar-refractivity contribution in [3.05, 3.63) is 0 Å². The first-order valence-electron chi connectivity index (χ1n) is 8.81. The third-order valence-electron chi connectivity index (χ3n) is 6.71. The molecule has 0 aromatic carbocycles. The molecule has 1 spiro atoms. The SMILES string of the molecule is CC1CC[C@H]2C(C)C(CCO)O[C@H]3O[C@@]4(C)CC[C@@H]1[C@]32OO4. The second kappa shape index (κ2) is 5.15. The molecule has 4 aliphatic heterocycles. The third-order valence-corrected chi connectivity index (χ3v) is 6.71. The van der Waals surface area contributed by atoms with Gasteiger partial charge in [0.2, 0.25) is 5.79 Å². The van der Waals surface area contributed by atoms with Crippen LogP contribution in [0.5, 0.6) is 0 Å². The molecule has 5 nitrogen and oxygen atoms in total. The lowest BCUT2D eigenvalue weighted by atomic mass is 9.57. The van der Waals surface area contributed by atoms with Crippen LogP contribution in [0.3, 0.4) is 0 Å². The van der Waals surface area contributed by atoms with Crippen molar-refractivity contribution in [2.24, 2.45) is 23.7 Å². The van der Waals surface area contributed by atoms with Crippen molar-refractivity contribution in [3.63, 3.8) is 0 Å². The van der Waals surface area contributed by atoms with Crippen LogP contribution in [-0.4, -0.2) is 35.5 Å². The van der Waals surface area contributed by atoms with Gasteiger partial charge in [0.25, 0.3) is 0 Å². The van der Waals surface area contributed by atoms with Gasteiger partial charge < -0.3 is 14.6 Å². The number of aliphatic hydroxyl groups is 1. The third kappa shape index (κ3) is 1.96. The van der Waals surface area contributed by atoms with Crippen molar-refractivity contribution in [1.82, 2.24) is 0 Å². The molecule has 0 aromatic heterocycles. The molecule has 1 N–H and O–H groups in total. The fourth-order valence-corrected chi connectivity index (χ4v) is 5.44. The van der Waals surface area contributed by atoms with Gasteiger partial charge in [0.05, 0.1) is 6.10 Å². The molecule has 1 aliphatic carbocycles. The molecule has 4 saturated heterocycles. The van der Waals surface area contributed by atoms with E-state index in [0.717, 1.165) is 19.3 Å². The van der Waals surface area contributed by atoms with E-state index in [4.69, 9.17) is 19.2 Å². The topological polar surface area (TPSA) is 57.2 Å². The van der Waals surface area contributed by atoms with E-state index >= 15 is 0 Å². The summed E-state index contributed by atoms with van der Waals surface area (Å²) in [6, 6.07) is 0. The summed E-state index contributed by atoms with van der Waals surface area (Å²) in [5.74, 6) is 1.01. The minimum Gasteiger partial charge on any atom is -0.396 e. The molecule has 4 heterocycles. The van der Waals surface area contributed by atoms with Crippen LogP contribution in [0, 0.1) is 23.7 Å². The van der Waals surface area contributed by atoms with Gasteiger partial charge in [-0.15, -0.1) is 0 Å². The summed E-state index contributed by atoms with van der Waals surface area (Å²) in [6.45, 7) is 6.64. The van der Waals surface area contributed by atoms with Gasteiger partial charge >= 0.3 is 0 Å². The number of hydrogen-bond donors (Lipinski definition) is 1. The molecule has 8 atom stereocenters. The lowest BCUT2D eigenvalue weighted by Crippen LogP contribution is -2.70. The monoisotopic (exact) mass is 312 g/mol. The minimum absolute atomic E-state index is 0.0335. The fraction of sp³-hybridized carbons (Fsp3) is 1.00. The van der Waals surface area contributed by atoms with Gasteiger partial charge in [0.15, 0.2) is 11.9 Å². The molecule has 1 saturated carbocycles. The number of ether oxygens (including phenoxy) is 2. The Kier molecular flexibility index (Phi) is 3.59. The first-order chi connectivity index (χ1) is 10.5. The zero-order chi connectivity index (χ0) is 15.5. The summed E-state index contributed by atoms with van der Waals surface area (Å²) < 4.78 is 12.6. The standard InChI is InChI=1S/C17H28O5/c1-10-4-5-13-11(2)14(7-9-18)19-15-17(13)12(10)6-8-16(3,20-15)21-22-17/h10-15,18H,4-9H2,1-3H3/t10?,11?,12-,13-,14?,15-,16+,17+/m0/s1. The van der Waals surface area contributed by atoms with E-state index in [0.29, 0.717) is 30.1 Å². The predicted molar refractivity (Wildman–Crippen MR) is 78.5 cm³/mol. The van der Waals surface area contributed by atoms with Crippen molar-refractivity contribution < 1.29 is 24.4 Å². The van der Waals surface area contributed by atoms with Crippen molar-refractivity contribution in [3.8, 4) is 0 Å². The van der Waals surface area contributed by atoms with E-state index in [-0.39, 0.29) is 19.0 Å². The van der Waals surface area contributed by atoms with E-state index < -0.39 is 11.4 Å². The molecule has 5 rings (SSSR count). The Balaban J connectivity index is 1.75. The molecule has 5 heteroatoms. The van der Waals surface area contributed by atoms with E-state index in [1.165, 1.54) is 6.42 Å². The highest BCUT2D eigenvalue weighted by Crippen LogP contribution is 2.60. The van der Waals surface area contributed by atoms with Gasteiger partial charge in [-0.25, -0.2) is 9.78 Å². The van der Waals surface area contributed by atoms with Crippen LogP contribution in [0.4, 0.5) is 0 Å². The van der Waals surface area contributed by atoms with E-state index in [2.05, 4.69) is 13.8 Å². The summed E-state index contributed by atoms with van der Waals surface area (Å²) in [5.41, 5.74) is -0.473. The molecule has 0 amide bonds. The maximum absolute atomic E-state index is 9.36. The van der Waals surface area contributed by atoms with Crippen molar-refractivity contribution in [2.45, 2.75) is 76.7 Å². The fourth-order valence-electron chi connectivity index (χ4n) is 5.44. The summed E-state index contributed by atoms with van der Waals surface area (Å²) in [5, 5.41) is 9.36. The molecular weight excluding hydrogens is 284 g/mol. The first kappa shape index (κ1) is 15.3. The summed E-state index contributed by atoms with van der Waals surface area (Å²) in [7, 11) is 0. The molecular formula is C17H28O5. The number of rotatable bonds is 2. The second-order valence-electron chi connectivity index (χ2n) is 7.96. The number of fused-ring (bicyclic) bond motifs is 2. The van der Waals surface area contributed by atoms with Crippen molar-refractivity contribution in [1.29, 1.82) is 0 Å². The Labute approximate surface area is 132 Å². The highest BCUT2D eigenvalue weighted by Gasteiger charge is 2.69. The second-order valence-corrected chi connectivity index (χ2v) is 7.96. The maximum Gasteiger partial charge on any atom is 0.201 e. The number of aliphatic hydroxyl groups excluding tert-OH is 1. The van der Waals surface area contributed by atoms with Crippen LogP contribution >= 0.6 is 0 Å². The predicted octanol–water partition coefficient (Wildman–Crippen LogP) is 2.62. The Hall–Kier alpha value is -0.200. The first-order valence-corrected chi connectivity index (χ1v) is 8.81. The summed E-state index contributed by atoms with van der Waals surface area (Å²) in [6.07, 6.45) is 4.56. The highest BCUT2D eigenvalue weighted by atomic mass is 17.3. The van der Waals surface area contributed by atoms with Crippen LogP contribution in [0.2, 0.25) is 0 Å². The lowest BCUT2D eigenvalue weighted by molar-refractivity contribution is -0.571. The van der Waals surface area contributed by atoms with Gasteiger partial charge in [0, 0.05) is 18.9 Å². The van der Waals surface area contributed by atoms with Gasteiger partial charge in [-0.3, -0.25) is 0 Å². The molecule has 3 unspecified atom stereocenters. The zero-order valence-electron chi connectivity index (χ0n) is 13.8. The Morgan fingerprint density at radius 2 is 1.91 bits per heavy atom. The Morgan fingerprint density at radius 1 is 1.09 bits per heavy atom. The van der Waals surface area contributed by atoms with Crippen LogP contribution in [-0.2, 0) is 19.2 Å². The van der Waals surface area contributed by atoms with Crippen LogP contribution in [0.25, 0.3) is 0 Å². The highest BCUT2D eigenvalue weighted by molar-refractivity contribution is 5.09. The van der Waals surface area contributed by atoms with E-state index in [9.17, 15) is 5.11 Å². The summed E-state index contributed by atoms with van der Waals surface area (Å²) in [4.78, 5) is 11.8.